The molecule has 1 aliphatic heterocycles. The lowest BCUT2D eigenvalue weighted by Gasteiger charge is -2.15. The summed E-state index contributed by atoms with van der Waals surface area (Å²) in [7, 11) is 0. The first-order valence-corrected chi connectivity index (χ1v) is 14.2. The fourth-order valence-corrected chi connectivity index (χ4v) is 5.66. The van der Waals surface area contributed by atoms with Gasteiger partial charge >= 0.3 is 5.97 Å². The number of carbonyl (C=O) groups is 1. The number of non-ortho nitro benzene ring substituents is 1. The van der Waals surface area contributed by atoms with Crippen LogP contribution in [-0.2, 0) is 9.53 Å². The van der Waals surface area contributed by atoms with E-state index in [0.29, 0.717) is 11.3 Å². The Morgan fingerprint density at radius 2 is 1.39 bits per heavy atom. The molecule has 0 unspecified atom stereocenters. The highest BCUT2D eigenvalue weighted by molar-refractivity contribution is 6.06. The summed E-state index contributed by atoms with van der Waals surface area (Å²) in [5.41, 5.74) is 7.65. The summed E-state index contributed by atoms with van der Waals surface area (Å²) < 4.78 is 7.86. The highest BCUT2D eigenvalue weighted by atomic mass is 16.6. The molecule has 0 amide bonds. The number of cyclic esters (lactones) is 1. The van der Waals surface area contributed by atoms with Crippen LogP contribution in [-0.4, -0.2) is 15.5 Å². The number of hydrogen-bond donors (Lipinski definition) is 0. The third-order valence-corrected chi connectivity index (χ3v) is 7.78. The van der Waals surface area contributed by atoms with Crippen LogP contribution in [0.3, 0.4) is 0 Å². The number of aromatic nitrogens is 1. The van der Waals surface area contributed by atoms with E-state index >= 15 is 0 Å². The number of aryl methyl sites for hydroxylation is 1. The van der Waals surface area contributed by atoms with Crippen LogP contribution in [0.4, 0.5) is 5.69 Å². The minimum atomic E-state index is -0.424. The Hall–Kier alpha value is -6.01. The maximum Gasteiger partial charge on any atom is 0.343 e. The molecule has 6 nitrogen and oxygen atoms in total. The number of esters is 1. The van der Waals surface area contributed by atoms with Crippen LogP contribution in [0, 0.1) is 17.0 Å². The minimum absolute atomic E-state index is 0.0148. The Labute approximate surface area is 253 Å². The number of ether oxygens (including phenoxy) is 1. The van der Waals surface area contributed by atoms with Crippen molar-refractivity contribution in [3.05, 3.63) is 166 Å². The SMILES string of the molecule is Cc1ccc2cc(C3=C/C(=C\c4cc(-c5ccccc5)n(-c5ccc([N+](=O)[O-])cc5)c4-c4ccccc4)C(=O)O3)ccc2c1. The van der Waals surface area contributed by atoms with E-state index < -0.39 is 10.9 Å². The first kappa shape index (κ1) is 26.9. The third-order valence-electron chi connectivity index (χ3n) is 7.78. The molecular formula is C38H26N2O4. The van der Waals surface area contributed by atoms with Gasteiger partial charge in [-0.25, -0.2) is 4.79 Å². The van der Waals surface area contributed by atoms with Crippen molar-refractivity contribution in [2.75, 3.05) is 0 Å². The second kappa shape index (κ2) is 11.0. The number of nitrogens with zero attached hydrogens (tertiary/aromatic N) is 2. The van der Waals surface area contributed by atoms with Gasteiger partial charge in [-0.15, -0.1) is 0 Å². The normalized spacial score (nSPS) is 13.7. The van der Waals surface area contributed by atoms with E-state index in [-0.39, 0.29) is 5.69 Å². The van der Waals surface area contributed by atoms with Gasteiger partial charge in [0.05, 0.1) is 21.9 Å². The molecule has 6 aromatic rings. The van der Waals surface area contributed by atoms with Crippen molar-refractivity contribution in [2.24, 2.45) is 0 Å². The van der Waals surface area contributed by atoms with Gasteiger partial charge in [0.1, 0.15) is 5.76 Å². The molecule has 6 heteroatoms. The topological polar surface area (TPSA) is 74.4 Å². The van der Waals surface area contributed by atoms with Gasteiger partial charge in [0, 0.05) is 28.9 Å². The van der Waals surface area contributed by atoms with Crippen molar-refractivity contribution >= 4 is 34.3 Å². The van der Waals surface area contributed by atoms with Gasteiger partial charge in [-0.3, -0.25) is 10.1 Å². The van der Waals surface area contributed by atoms with E-state index in [1.54, 1.807) is 18.2 Å². The predicted molar refractivity (Wildman–Crippen MR) is 174 cm³/mol. The second-order valence-electron chi connectivity index (χ2n) is 10.7. The Bertz CT molecular complexity index is 2120. The van der Waals surface area contributed by atoms with E-state index in [0.717, 1.165) is 50.1 Å². The molecular weight excluding hydrogens is 548 g/mol. The number of nitro benzene ring substituents is 1. The molecule has 0 spiro atoms. The summed E-state index contributed by atoms with van der Waals surface area (Å²) in [5, 5.41) is 13.6. The molecule has 44 heavy (non-hydrogen) atoms. The number of hydrogen-bond acceptors (Lipinski definition) is 4. The number of fused-ring (bicyclic) bond motifs is 1. The molecule has 0 aliphatic carbocycles. The highest BCUT2D eigenvalue weighted by Crippen LogP contribution is 2.39. The van der Waals surface area contributed by atoms with Gasteiger partial charge in [0.15, 0.2) is 0 Å². The Kier molecular flexibility index (Phi) is 6.72. The second-order valence-corrected chi connectivity index (χ2v) is 10.7. The maximum atomic E-state index is 13.2. The summed E-state index contributed by atoms with van der Waals surface area (Å²) in [6.45, 7) is 2.06. The van der Waals surface area contributed by atoms with Crippen molar-refractivity contribution in [3.63, 3.8) is 0 Å². The van der Waals surface area contributed by atoms with E-state index in [2.05, 4.69) is 29.7 Å². The molecule has 0 bridgehead atoms. The van der Waals surface area contributed by atoms with E-state index in [9.17, 15) is 14.9 Å². The fourth-order valence-electron chi connectivity index (χ4n) is 5.66. The minimum Gasteiger partial charge on any atom is -0.422 e. The number of nitro groups is 1. The molecule has 7 rings (SSSR count). The van der Waals surface area contributed by atoms with Crippen molar-refractivity contribution in [1.82, 2.24) is 4.57 Å². The Morgan fingerprint density at radius 3 is 2.09 bits per heavy atom. The summed E-state index contributed by atoms with van der Waals surface area (Å²) in [6.07, 6.45) is 3.65. The molecule has 0 N–H and O–H groups in total. The van der Waals surface area contributed by atoms with Crippen molar-refractivity contribution < 1.29 is 14.5 Å². The smallest absolute Gasteiger partial charge is 0.343 e. The standard InChI is InChI=1S/C38H26N2O4/c1-25-12-13-29-21-30(15-14-28(29)20-25)36-24-32(38(41)44-36)22-31-23-35(26-8-4-2-5-9-26)39(37(31)27-10-6-3-7-11-27)33-16-18-34(19-17-33)40(42)43/h2-24H,1H3/b32-22+. The van der Waals surface area contributed by atoms with Crippen molar-refractivity contribution in [3.8, 4) is 28.2 Å². The summed E-state index contributed by atoms with van der Waals surface area (Å²) >= 11 is 0. The molecule has 0 saturated carbocycles. The predicted octanol–water partition coefficient (Wildman–Crippen LogP) is 9.16. The Balaban J connectivity index is 1.41. The quantitative estimate of drug-likeness (QED) is 0.0860. The first-order valence-electron chi connectivity index (χ1n) is 14.2. The lowest BCUT2D eigenvalue weighted by Crippen LogP contribution is -2.01. The monoisotopic (exact) mass is 574 g/mol. The van der Waals surface area contributed by atoms with Crippen LogP contribution < -0.4 is 0 Å². The molecule has 212 valence electrons. The molecule has 0 fully saturated rings. The molecule has 0 radical (unpaired) electrons. The third kappa shape index (κ3) is 4.99. The van der Waals surface area contributed by atoms with Gasteiger partial charge in [-0.1, -0.05) is 96.6 Å². The Morgan fingerprint density at radius 1 is 0.727 bits per heavy atom. The van der Waals surface area contributed by atoms with Crippen molar-refractivity contribution in [2.45, 2.75) is 6.92 Å². The lowest BCUT2D eigenvalue weighted by molar-refractivity contribution is -0.384. The van der Waals surface area contributed by atoms with E-state index in [1.807, 2.05) is 91.0 Å². The van der Waals surface area contributed by atoms with Gasteiger partial charge in [-0.05, 0) is 65.2 Å². The zero-order chi connectivity index (χ0) is 30.2. The first-order chi connectivity index (χ1) is 21.4. The summed E-state index contributed by atoms with van der Waals surface area (Å²) in [6, 6.07) is 40.7. The number of benzene rings is 5. The zero-order valence-electron chi connectivity index (χ0n) is 23.8. The van der Waals surface area contributed by atoms with E-state index in [1.165, 1.54) is 17.7 Å². The van der Waals surface area contributed by atoms with Crippen LogP contribution >= 0.6 is 0 Å². The van der Waals surface area contributed by atoms with Gasteiger partial charge in [0.2, 0.25) is 0 Å². The molecule has 2 heterocycles. The van der Waals surface area contributed by atoms with Gasteiger partial charge in [0.25, 0.3) is 5.69 Å². The fraction of sp³-hybridized carbons (Fsp3) is 0.0263. The van der Waals surface area contributed by atoms with Crippen LogP contribution in [0.25, 0.3) is 50.8 Å². The maximum absolute atomic E-state index is 13.2. The van der Waals surface area contributed by atoms with Crippen LogP contribution in [0.2, 0.25) is 0 Å². The molecule has 0 saturated heterocycles. The zero-order valence-corrected chi connectivity index (χ0v) is 23.8. The summed E-state index contributed by atoms with van der Waals surface area (Å²) in [5.74, 6) is 0.0791. The van der Waals surface area contributed by atoms with Crippen molar-refractivity contribution in [1.29, 1.82) is 0 Å². The summed E-state index contributed by atoms with van der Waals surface area (Å²) in [4.78, 5) is 24.2. The van der Waals surface area contributed by atoms with E-state index in [4.69, 9.17) is 4.74 Å². The lowest BCUT2D eigenvalue weighted by atomic mass is 10.0. The van der Waals surface area contributed by atoms with Crippen LogP contribution in [0.1, 0.15) is 16.7 Å². The molecule has 5 aromatic carbocycles. The number of rotatable bonds is 6. The average Bonchev–Trinajstić information content (AvgIpc) is 3.62. The van der Waals surface area contributed by atoms with Crippen LogP contribution in [0.5, 0.6) is 0 Å². The average molecular weight is 575 g/mol. The molecule has 1 aliphatic rings. The molecule has 1 aromatic heterocycles. The largest absolute Gasteiger partial charge is 0.422 e. The van der Waals surface area contributed by atoms with Gasteiger partial charge in [-0.2, -0.15) is 0 Å². The number of carbonyl (C=O) groups excluding carboxylic acids is 1. The van der Waals surface area contributed by atoms with Gasteiger partial charge < -0.3 is 9.30 Å². The highest BCUT2D eigenvalue weighted by Gasteiger charge is 2.25. The van der Waals surface area contributed by atoms with Crippen LogP contribution in [0.15, 0.2) is 139 Å². The molecule has 0 atom stereocenters.